The van der Waals surface area contributed by atoms with Crippen molar-refractivity contribution < 1.29 is 9.53 Å². The monoisotopic (exact) mass is 276 g/mol. The largest absolute Gasteiger partial charge is 0.368 e. The summed E-state index contributed by atoms with van der Waals surface area (Å²) in [7, 11) is 0. The fourth-order valence-electron chi connectivity index (χ4n) is 2.36. The Morgan fingerprint density at radius 1 is 1.35 bits per heavy atom. The number of carbonyl (C=O) groups is 1. The minimum Gasteiger partial charge on any atom is -0.368 e. The van der Waals surface area contributed by atoms with Crippen molar-refractivity contribution in [1.82, 2.24) is 5.32 Å². The maximum Gasteiger partial charge on any atom is 0.253 e. The number of ether oxygens (including phenoxy) is 1. The van der Waals surface area contributed by atoms with Gasteiger partial charge >= 0.3 is 0 Å². The van der Waals surface area contributed by atoms with Crippen LogP contribution >= 0.6 is 0 Å². The molecule has 4 heteroatoms. The number of nitrogens with one attached hydrogen (secondary N) is 2. The van der Waals surface area contributed by atoms with E-state index in [9.17, 15) is 4.79 Å². The molecule has 2 atom stereocenters. The van der Waals surface area contributed by atoms with E-state index < -0.39 is 0 Å². The SMILES string of the molecule is CCCNCc1ccc(NC(=O)C2OCCC2C)cc1. The van der Waals surface area contributed by atoms with Crippen LogP contribution in [0, 0.1) is 5.92 Å². The highest BCUT2D eigenvalue weighted by Crippen LogP contribution is 2.21. The average Bonchev–Trinajstić information content (AvgIpc) is 2.87. The number of benzene rings is 1. The van der Waals surface area contributed by atoms with E-state index >= 15 is 0 Å². The van der Waals surface area contributed by atoms with Crippen LogP contribution in [0.4, 0.5) is 5.69 Å². The molecule has 0 radical (unpaired) electrons. The molecular formula is C16H24N2O2. The molecule has 20 heavy (non-hydrogen) atoms. The zero-order valence-corrected chi connectivity index (χ0v) is 12.3. The predicted octanol–water partition coefficient (Wildman–Crippen LogP) is 2.55. The van der Waals surface area contributed by atoms with Crippen LogP contribution in [0.1, 0.15) is 32.3 Å². The summed E-state index contributed by atoms with van der Waals surface area (Å²) in [6.45, 7) is 6.78. The highest BCUT2D eigenvalue weighted by molar-refractivity contribution is 5.94. The number of amides is 1. The summed E-state index contributed by atoms with van der Waals surface area (Å²) in [4.78, 5) is 12.1. The van der Waals surface area contributed by atoms with Gasteiger partial charge in [-0.1, -0.05) is 26.0 Å². The zero-order chi connectivity index (χ0) is 14.4. The van der Waals surface area contributed by atoms with Gasteiger partial charge in [0.25, 0.3) is 5.91 Å². The summed E-state index contributed by atoms with van der Waals surface area (Å²) in [6.07, 6.45) is 1.79. The van der Waals surface area contributed by atoms with Crippen molar-refractivity contribution >= 4 is 11.6 Å². The fraction of sp³-hybridized carbons (Fsp3) is 0.562. The minimum atomic E-state index is -0.305. The lowest BCUT2D eigenvalue weighted by molar-refractivity contribution is -0.126. The lowest BCUT2D eigenvalue weighted by Gasteiger charge is -2.14. The van der Waals surface area contributed by atoms with Crippen LogP contribution in [0.25, 0.3) is 0 Å². The Bertz CT molecular complexity index is 431. The Morgan fingerprint density at radius 3 is 2.70 bits per heavy atom. The first kappa shape index (κ1) is 15.0. The number of hydrogen-bond acceptors (Lipinski definition) is 3. The first-order valence-corrected chi connectivity index (χ1v) is 7.43. The number of carbonyl (C=O) groups excluding carboxylic acids is 1. The quantitative estimate of drug-likeness (QED) is 0.785. The molecular weight excluding hydrogens is 252 g/mol. The highest BCUT2D eigenvalue weighted by Gasteiger charge is 2.30. The van der Waals surface area contributed by atoms with Gasteiger partial charge in [-0.05, 0) is 43.0 Å². The first-order valence-electron chi connectivity index (χ1n) is 7.43. The standard InChI is InChI=1S/C16H24N2O2/c1-3-9-17-11-13-4-6-14(7-5-13)18-16(19)15-12(2)8-10-20-15/h4-7,12,15,17H,3,8-11H2,1-2H3,(H,18,19). The van der Waals surface area contributed by atoms with Crippen molar-refractivity contribution in [2.75, 3.05) is 18.5 Å². The number of hydrogen-bond donors (Lipinski definition) is 2. The number of anilines is 1. The average molecular weight is 276 g/mol. The van der Waals surface area contributed by atoms with Crippen LogP contribution < -0.4 is 10.6 Å². The van der Waals surface area contributed by atoms with Crippen molar-refractivity contribution in [3.8, 4) is 0 Å². The van der Waals surface area contributed by atoms with E-state index in [4.69, 9.17) is 4.74 Å². The first-order chi connectivity index (χ1) is 9.70. The van der Waals surface area contributed by atoms with Crippen molar-refractivity contribution in [2.24, 2.45) is 5.92 Å². The smallest absolute Gasteiger partial charge is 0.253 e. The predicted molar refractivity (Wildman–Crippen MR) is 80.6 cm³/mol. The molecule has 0 aliphatic carbocycles. The third kappa shape index (κ3) is 4.05. The lowest BCUT2D eigenvalue weighted by atomic mass is 10.0. The van der Waals surface area contributed by atoms with Gasteiger partial charge < -0.3 is 15.4 Å². The zero-order valence-electron chi connectivity index (χ0n) is 12.3. The normalized spacial score (nSPS) is 21.9. The van der Waals surface area contributed by atoms with E-state index in [2.05, 4.69) is 24.5 Å². The van der Waals surface area contributed by atoms with Gasteiger partial charge in [0, 0.05) is 18.8 Å². The molecule has 4 nitrogen and oxygen atoms in total. The molecule has 1 aromatic rings. The molecule has 1 amide bonds. The van der Waals surface area contributed by atoms with Crippen LogP contribution in [0.3, 0.4) is 0 Å². The Hall–Kier alpha value is -1.39. The molecule has 1 fully saturated rings. The Labute approximate surface area is 120 Å². The van der Waals surface area contributed by atoms with Gasteiger partial charge in [0.2, 0.25) is 0 Å². The molecule has 0 aromatic heterocycles. The molecule has 0 saturated carbocycles. The van der Waals surface area contributed by atoms with Crippen LogP contribution in [-0.2, 0) is 16.1 Å². The summed E-state index contributed by atoms with van der Waals surface area (Å²) in [6, 6.07) is 7.97. The summed E-state index contributed by atoms with van der Waals surface area (Å²) in [5.41, 5.74) is 2.05. The summed E-state index contributed by atoms with van der Waals surface area (Å²) in [5, 5.41) is 6.28. The van der Waals surface area contributed by atoms with E-state index in [1.807, 2.05) is 24.3 Å². The van der Waals surface area contributed by atoms with E-state index in [1.165, 1.54) is 5.56 Å². The third-order valence-electron chi connectivity index (χ3n) is 3.62. The molecule has 1 heterocycles. The van der Waals surface area contributed by atoms with E-state index in [0.29, 0.717) is 12.5 Å². The van der Waals surface area contributed by atoms with Gasteiger partial charge in [0.05, 0.1) is 0 Å². The molecule has 2 rings (SSSR count). The maximum absolute atomic E-state index is 12.1. The molecule has 1 aromatic carbocycles. The Kier molecular flexibility index (Phi) is 5.56. The second-order valence-electron chi connectivity index (χ2n) is 5.42. The van der Waals surface area contributed by atoms with Gasteiger partial charge in [-0.3, -0.25) is 4.79 Å². The second-order valence-corrected chi connectivity index (χ2v) is 5.42. The summed E-state index contributed by atoms with van der Waals surface area (Å²) in [5.74, 6) is 0.263. The molecule has 1 aliphatic heterocycles. The molecule has 110 valence electrons. The Balaban J connectivity index is 1.85. The van der Waals surface area contributed by atoms with E-state index in [-0.39, 0.29) is 12.0 Å². The minimum absolute atomic E-state index is 0.0353. The molecule has 1 aliphatic rings. The highest BCUT2D eigenvalue weighted by atomic mass is 16.5. The maximum atomic E-state index is 12.1. The van der Waals surface area contributed by atoms with Crippen molar-refractivity contribution in [1.29, 1.82) is 0 Å². The third-order valence-corrected chi connectivity index (χ3v) is 3.62. The van der Waals surface area contributed by atoms with Crippen molar-refractivity contribution in [3.63, 3.8) is 0 Å². The van der Waals surface area contributed by atoms with Crippen LogP contribution in [0.2, 0.25) is 0 Å². The van der Waals surface area contributed by atoms with Gasteiger partial charge in [0.15, 0.2) is 0 Å². The van der Waals surface area contributed by atoms with Crippen molar-refractivity contribution in [2.45, 2.75) is 39.3 Å². The topological polar surface area (TPSA) is 50.4 Å². The van der Waals surface area contributed by atoms with Gasteiger partial charge in [0.1, 0.15) is 6.10 Å². The molecule has 0 bridgehead atoms. The summed E-state index contributed by atoms with van der Waals surface area (Å²) >= 11 is 0. The van der Waals surface area contributed by atoms with E-state index in [1.54, 1.807) is 0 Å². The molecule has 1 saturated heterocycles. The fourth-order valence-corrected chi connectivity index (χ4v) is 2.36. The van der Waals surface area contributed by atoms with Gasteiger partial charge in [-0.25, -0.2) is 0 Å². The van der Waals surface area contributed by atoms with Crippen molar-refractivity contribution in [3.05, 3.63) is 29.8 Å². The van der Waals surface area contributed by atoms with Crippen LogP contribution in [0.5, 0.6) is 0 Å². The summed E-state index contributed by atoms with van der Waals surface area (Å²) < 4.78 is 5.47. The number of rotatable bonds is 6. The Morgan fingerprint density at radius 2 is 2.10 bits per heavy atom. The van der Waals surface area contributed by atoms with Gasteiger partial charge in [-0.2, -0.15) is 0 Å². The van der Waals surface area contributed by atoms with Crippen LogP contribution in [-0.4, -0.2) is 25.2 Å². The molecule has 0 spiro atoms. The molecule has 2 N–H and O–H groups in total. The van der Waals surface area contributed by atoms with Crippen LogP contribution in [0.15, 0.2) is 24.3 Å². The van der Waals surface area contributed by atoms with Gasteiger partial charge in [-0.15, -0.1) is 0 Å². The molecule has 2 unspecified atom stereocenters. The lowest BCUT2D eigenvalue weighted by Crippen LogP contribution is -2.31. The second kappa shape index (κ2) is 7.41. The van der Waals surface area contributed by atoms with E-state index in [0.717, 1.165) is 31.6 Å².